The molecule has 1 atom stereocenters. The molecule has 0 bridgehead atoms. The Hall–Kier alpha value is -5.33. The number of nitrogens with one attached hydrogen (secondary N) is 3. The van der Waals surface area contributed by atoms with E-state index in [1.807, 2.05) is 0 Å². The van der Waals surface area contributed by atoms with Gasteiger partial charge in [0.05, 0.1) is 35.3 Å². The molecule has 2 saturated heterocycles. The summed E-state index contributed by atoms with van der Waals surface area (Å²) < 4.78 is 12.3. The summed E-state index contributed by atoms with van der Waals surface area (Å²) in [5.41, 5.74) is 0.905. The van der Waals surface area contributed by atoms with Gasteiger partial charge in [-0.25, -0.2) is 15.0 Å². The van der Waals surface area contributed by atoms with Crippen LogP contribution in [0.25, 0.3) is 0 Å². The summed E-state index contributed by atoms with van der Waals surface area (Å²) in [5, 5.41) is 17.5. The minimum atomic E-state index is -0.755. The van der Waals surface area contributed by atoms with E-state index in [2.05, 4.69) is 60.6 Å². The van der Waals surface area contributed by atoms with Gasteiger partial charge in [-0.15, -0.1) is 0 Å². The Morgan fingerprint density at radius 1 is 0.897 bits per heavy atom. The number of pyridine rings is 1. The van der Waals surface area contributed by atoms with E-state index in [0.29, 0.717) is 45.8 Å². The maximum absolute atomic E-state index is 13.0. The van der Waals surface area contributed by atoms with Crippen molar-refractivity contribution in [3.63, 3.8) is 0 Å². The van der Waals surface area contributed by atoms with Crippen LogP contribution >= 0.6 is 11.6 Å². The number of hydrogen-bond donors (Lipinski definition) is 3. The van der Waals surface area contributed by atoms with Crippen molar-refractivity contribution >= 4 is 41.0 Å². The van der Waals surface area contributed by atoms with Crippen LogP contribution in [0.15, 0.2) is 48.9 Å². The van der Waals surface area contributed by atoms with Crippen LogP contribution in [0, 0.1) is 17.2 Å². The van der Waals surface area contributed by atoms with E-state index in [1.165, 1.54) is 6.20 Å². The first-order valence-corrected chi connectivity index (χ1v) is 20.7. The summed E-state index contributed by atoms with van der Waals surface area (Å²) >= 11 is 6.15. The average molecular weight is 812 g/mol. The SMILES string of the molecule is CC(C)N(CC1CCN(c2cnc(C(=O)NC3CCC(Oc4ccc(C#N)c(Cl)c4)CC3)cn2)CC1)C1CC(Oc2ccc(C(=O)NC3CCC(=O)NC3=O)nc2)C1. The minimum absolute atomic E-state index is 0.0227. The van der Waals surface area contributed by atoms with Gasteiger partial charge in [0.15, 0.2) is 0 Å². The molecule has 4 aliphatic rings. The quantitative estimate of drug-likeness (QED) is 0.204. The molecule has 306 valence electrons. The number of amides is 4. The van der Waals surface area contributed by atoms with E-state index in [4.69, 9.17) is 26.3 Å². The lowest BCUT2D eigenvalue weighted by molar-refractivity contribution is -0.134. The molecule has 2 aliphatic carbocycles. The van der Waals surface area contributed by atoms with Crippen molar-refractivity contribution < 1.29 is 28.7 Å². The van der Waals surface area contributed by atoms with E-state index in [0.717, 1.165) is 76.8 Å². The van der Waals surface area contributed by atoms with Crippen molar-refractivity contribution in [2.45, 2.75) is 114 Å². The van der Waals surface area contributed by atoms with Crippen LogP contribution in [0.1, 0.15) is 105 Å². The number of anilines is 1. The number of ether oxygens (including phenoxy) is 2. The normalized spacial score (nSPS) is 23.7. The highest BCUT2D eigenvalue weighted by atomic mass is 35.5. The molecule has 1 aromatic carbocycles. The second kappa shape index (κ2) is 18.5. The third-order valence-corrected chi connectivity index (χ3v) is 12.0. The first-order valence-electron chi connectivity index (χ1n) is 20.3. The van der Waals surface area contributed by atoms with Crippen LogP contribution in [0.2, 0.25) is 5.02 Å². The number of piperidine rings is 2. The van der Waals surface area contributed by atoms with Crippen LogP contribution in [-0.4, -0.2) is 99.5 Å². The number of nitriles is 1. The Balaban J connectivity index is 0.801. The zero-order valence-electron chi connectivity index (χ0n) is 32.9. The molecular weight excluding hydrogens is 762 g/mol. The third kappa shape index (κ3) is 10.2. The first-order chi connectivity index (χ1) is 28.0. The standard InChI is InChI=1S/C42H50ClN9O6/c1-25(2)52(29-17-33(18-29)58-32-9-10-35(45-21-32)40(54)49-36-11-12-39(53)50-41(36)55)24-26-13-15-51(16-14-26)38-23-46-37(22-47-38)42(56)48-28-4-7-30(8-5-28)57-31-6-3-27(20-44)34(43)19-31/h3,6,9-10,19,21-23,25-26,28-30,33,36H,4-5,7-8,11-18,24H2,1-2H3,(H,48,56)(H,49,54)(H,50,53,55). The van der Waals surface area contributed by atoms with Gasteiger partial charge in [-0.05, 0) is 89.0 Å². The third-order valence-electron chi connectivity index (χ3n) is 11.7. The lowest BCUT2D eigenvalue weighted by Gasteiger charge is -2.46. The number of rotatable bonds is 13. The van der Waals surface area contributed by atoms with Gasteiger partial charge in [-0.2, -0.15) is 5.26 Å². The lowest BCUT2D eigenvalue weighted by atomic mass is 9.85. The van der Waals surface area contributed by atoms with Crippen LogP contribution in [0.5, 0.6) is 11.5 Å². The number of imide groups is 1. The second-order valence-electron chi connectivity index (χ2n) is 16.0. The molecule has 15 nitrogen and oxygen atoms in total. The van der Waals surface area contributed by atoms with Gasteiger partial charge >= 0.3 is 0 Å². The number of nitrogens with zero attached hydrogens (tertiary/aromatic N) is 6. The van der Waals surface area contributed by atoms with E-state index in [1.54, 1.807) is 42.7 Å². The Bertz CT molecular complexity index is 1990. The van der Waals surface area contributed by atoms with Crippen LogP contribution in [-0.2, 0) is 9.59 Å². The van der Waals surface area contributed by atoms with Crippen molar-refractivity contribution in [3.05, 3.63) is 70.9 Å². The maximum atomic E-state index is 13.0. The molecule has 4 heterocycles. The van der Waals surface area contributed by atoms with Gasteiger partial charge in [-0.3, -0.25) is 29.4 Å². The molecule has 2 saturated carbocycles. The molecule has 58 heavy (non-hydrogen) atoms. The number of aromatic nitrogens is 3. The van der Waals surface area contributed by atoms with Crippen molar-refractivity contribution in [2.24, 2.45) is 5.92 Å². The van der Waals surface area contributed by atoms with Crippen LogP contribution in [0.3, 0.4) is 0 Å². The summed E-state index contributed by atoms with van der Waals surface area (Å²) in [6.45, 7) is 7.26. The minimum Gasteiger partial charge on any atom is -0.490 e. The number of hydrogen-bond acceptors (Lipinski definition) is 12. The molecular formula is C42H50ClN9O6. The summed E-state index contributed by atoms with van der Waals surface area (Å²) in [6, 6.07) is 10.6. The van der Waals surface area contributed by atoms with Gasteiger partial charge < -0.3 is 25.0 Å². The van der Waals surface area contributed by atoms with Crippen molar-refractivity contribution in [2.75, 3.05) is 24.5 Å². The maximum Gasteiger partial charge on any atom is 0.271 e. The number of carbonyl (C=O) groups excluding carboxylic acids is 4. The van der Waals surface area contributed by atoms with E-state index in [9.17, 15) is 19.2 Å². The highest BCUT2D eigenvalue weighted by Gasteiger charge is 2.38. The van der Waals surface area contributed by atoms with Gasteiger partial charge in [0.2, 0.25) is 11.8 Å². The Morgan fingerprint density at radius 2 is 1.60 bits per heavy atom. The topological polar surface area (TPSA) is 192 Å². The molecule has 16 heteroatoms. The zero-order chi connectivity index (χ0) is 40.8. The molecule has 4 fully saturated rings. The van der Waals surface area contributed by atoms with Crippen molar-refractivity contribution in [1.29, 1.82) is 5.26 Å². The number of halogens is 1. The second-order valence-corrected chi connectivity index (χ2v) is 16.4. The fourth-order valence-corrected chi connectivity index (χ4v) is 8.42. The van der Waals surface area contributed by atoms with Gasteiger partial charge in [0.1, 0.15) is 46.9 Å². The molecule has 2 aromatic heterocycles. The lowest BCUT2D eigenvalue weighted by Crippen LogP contribution is -2.53. The van der Waals surface area contributed by atoms with Gasteiger partial charge in [0, 0.05) is 63.1 Å². The summed E-state index contributed by atoms with van der Waals surface area (Å²) in [5.74, 6) is 1.05. The monoisotopic (exact) mass is 811 g/mol. The molecule has 0 radical (unpaired) electrons. The zero-order valence-corrected chi connectivity index (χ0v) is 33.6. The summed E-state index contributed by atoms with van der Waals surface area (Å²) in [6.07, 6.45) is 12.4. The molecule has 4 amide bonds. The summed E-state index contributed by atoms with van der Waals surface area (Å²) in [4.78, 5) is 67.2. The van der Waals surface area contributed by atoms with Gasteiger partial charge in [-0.1, -0.05) is 11.6 Å². The van der Waals surface area contributed by atoms with Crippen LogP contribution < -0.4 is 30.3 Å². The first kappa shape index (κ1) is 40.9. The molecule has 2 aliphatic heterocycles. The van der Waals surface area contributed by atoms with Crippen molar-refractivity contribution in [3.8, 4) is 17.6 Å². The largest absolute Gasteiger partial charge is 0.490 e. The fourth-order valence-electron chi connectivity index (χ4n) is 8.21. The van der Waals surface area contributed by atoms with Gasteiger partial charge in [0.25, 0.3) is 11.8 Å². The Morgan fingerprint density at radius 3 is 2.24 bits per heavy atom. The predicted molar refractivity (Wildman–Crippen MR) is 214 cm³/mol. The fraction of sp³-hybridized carbons (Fsp3) is 0.524. The van der Waals surface area contributed by atoms with Crippen LogP contribution in [0.4, 0.5) is 5.82 Å². The van der Waals surface area contributed by atoms with E-state index >= 15 is 0 Å². The average Bonchev–Trinajstić information content (AvgIpc) is 3.20. The number of carbonyl (C=O) groups is 4. The molecule has 1 unspecified atom stereocenters. The number of benzene rings is 1. The highest BCUT2D eigenvalue weighted by Crippen LogP contribution is 2.33. The molecule has 0 spiro atoms. The molecule has 3 aromatic rings. The van der Waals surface area contributed by atoms with E-state index in [-0.39, 0.29) is 48.6 Å². The smallest absolute Gasteiger partial charge is 0.271 e. The predicted octanol–water partition coefficient (Wildman–Crippen LogP) is 4.59. The Labute approximate surface area is 343 Å². The van der Waals surface area contributed by atoms with Crippen molar-refractivity contribution in [1.82, 2.24) is 35.8 Å². The highest BCUT2D eigenvalue weighted by molar-refractivity contribution is 6.31. The molecule has 7 rings (SSSR count). The molecule has 3 N–H and O–H groups in total. The van der Waals surface area contributed by atoms with E-state index < -0.39 is 17.9 Å². The Kier molecular flexibility index (Phi) is 13.0. The summed E-state index contributed by atoms with van der Waals surface area (Å²) in [7, 11) is 0.